The summed E-state index contributed by atoms with van der Waals surface area (Å²) < 4.78 is 5.13. The molecule has 0 aromatic rings. The van der Waals surface area contributed by atoms with Gasteiger partial charge in [-0.3, -0.25) is 9.59 Å². The van der Waals surface area contributed by atoms with Gasteiger partial charge in [0.2, 0.25) is 5.79 Å². The lowest BCUT2D eigenvalue weighted by Gasteiger charge is -2.36. The molecule has 1 N–H and O–H groups in total. The fourth-order valence-corrected chi connectivity index (χ4v) is 2.66. The first-order chi connectivity index (χ1) is 8.54. The molecule has 5 heteroatoms. The fourth-order valence-electron chi connectivity index (χ4n) is 2.66. The third kappa shape index (κ3) is 2.57. The van der Waals surface area contributed by atoms with Crippen molar-refractivity contribution in [2.24, 2.45) is 0 Å². The summed E-state index contributed by atoms with van der Waals surface area (Å²) in [6, 6.07) is 0.0717. The smallest absolute Gasteiger partial charge is 0.296 e. The van der Waals surface area contributed by atoms with Crippen LogP contribution in [0, 0.1) is 0 Å². The second-order valence-electron chi connectivity index (χ2n) is 5.26. The first-order valence-electron chi connectivity index (χ1n) is 6.76. The number of hydrogen-bond donors (Lipinski definition) is 1. The van der Waals surface area contributed by atoms with Crippen LogP contribution in [0.1, 0.15) is 45.4 Å². The number of likely N-dealkylation sites (tertiary alicyclic amines) is 1. The van der Waals surface area contributed by atoms with Crippen LogP contribution >= 0.6 is 0 Å². The Morgan fingerprint density at radius 2 is 2.06 bits per heavy atom. The van der Waals surface area contributed by atoms with Crippen molar-refractivity contribution in [1.82, 2.24) is 4.90 Å². The minimum absolute atomic E-state index is 0.0717. The molecule has 2 heterocycles. The molecule has 0 aliphatic carbocycles. The van der Waals surface area contributed by atoms with Crippen LogP contribution in [0.25, 0.3) is 0 Å². The Hall–Kier alpha value is -0.940. The average Bonchev–Trinajstić information content (AvgIpc) is 2.38. The molecule has 5 nitrogen and oxygen atoms in total. The van der Waals surface area contributed by atoms with Crippen molar-refractivity contribution in [3.05, 3.63) is 0 Å². The minimum Gasteiger partial charge on any atom is -0.359 e. The predicted octanol–water partition coefficient (Wildman–Crippen LogP) is 0.846. The van der Waals surface area contributed by atoms with Gasteiger partial charge in [0.05, 0.1) is 6.61 Å². The second kappa shape index (κ2) is 5.36. The number of hydrogen-bond acceptors (Lipinski definition) is 4. The van der Waals surface area contributed by atoms with Crippen molar-refractivity contribution in [2.45, 2.75) is 57.3 Å². The van der Waals surface area contributed by atoms with Crippen LogP contribution < -0.4 is 0 Å². The van der Waals surface area contributed by atoms with E-state index < -0.39 is 17.5 Å². The summed E-state index contributed by atoms with van der Waals surface area (Å²) in [4.78, 5) is 25.8. The lowest BCUT2D eigenvalue weighted by Crippen LogP contribution is -2.54. The van der Waals surface area contributed by atoms with E-state index in [2.05, 4.69) is 0 Å². The molecule has 2 aliphatic rings. The molecule has 0 spiro atoms. The van der Waals surface area contributed by atoms with E-state index in [1.54, 1.807) is 4.90 Å². The van der Waals surface area contributed by atoms with E-state index in [0.29, 0.717) is 19.6 Å². The van der Waals surface area contributed by atoms with E-state index in [-0.39, 0.29) is 12.5 Å². The molecule has 2 rings (SSSR count). The third-order valence-corrected chi connectivity index (χ3v) is 3.86. The molecule has 0 saturated carbocycles. The van der Waals surface area contributed by atoms with Gasteiger partial charge in [0, 0.05) is 19.0 Å². The molecule has 0 aromatic heterocycles. The Bertz CT molecular complexity index is 336. The van der Waals surface area contributed by atoms with Crippen molar-refractivity contribution >= 4 is 11.7 Å². The normalized spacial score (nSPS) is 33.2. The zero-order chi connectivity index (χ0) is 13.2. The van der Waals surface area contributed by atoms with Gasteiger partial charge in [0.25, 0.3) is 11.7 Å². The number of amides is 1. The van der Waals surface area contributed by atoms with Gasteiger partial charge in [0.1, 0.15) is 0 Å². The van der Waals surface area contributed by atoms with E-state index >= 15 is 0 Å². The zero-order valence-corrected chi connectivity index (χ0v) is 10.9. The number of aliphatic hydroxyl groups is 1. The summed E-state index contributed by atoms with van der Waals surface area (Å²) in [5.74, 6) is -3.27. The summed E-state index contributed by atoms with van der Waals surface area (Å²) in [7, 11) is 0. The van der Waals surface area contributed by atoms with Crippen molar-refractivity contribution in [1.29, 1.82) is 0 Å². The number of piperidine rings is 1. The van der Waals surface area contributed by atoms with Crippen LogP contribution in [-0.2, 0) is 14.3 Å². The second-order valence-corrected chi connectivity index (χ2v) is 5.26. The Morgan fingerprint density at radius 3 is 2.67 bits per heavy atom. The van der Waals surface area contributed by atoms with E-state index in [1.807, 2.05) is 6.92 Å². The van der Waals surface area contributed by atoms with E-state index in [1.165, 1.54) is 0 Å². The van der Waals surface area contributed by atoms with Crippen molar-refractivity contribution in [2.75, 3.05) is 13.2 Å². The molecule has 1 amide bonds. The number of carbonyl (C=O) groups is 2. The van der Waals surface area contributed by atoms with Crippen LogP contribution in [0.2, 0.25) is 0 Å². The highest BCUT2D eigenvalue weighted by molar-refractivity contribution is 6.38. The van der Waals surface area contributed by atoms with Gasteiger partial charge >= 0.3 is 0 Å². The van der Waals surface area contributed by atoms with Gasteiger partial charge in [-0.2, -0.15) is 0 Å². The Balaban J connectivity index is 2.05. The Labute approximate surface area is 107 Å². The monoisotopic (exact) mass is 255 g/mol. The molecule has 2 aliphatic heterocycles. The van der Waals surface area contributed by atoms with Gasteiger partial charge in [-0.25, -0.2) is 0 Å². The zero-order valence-electron chi connectivity index (χ0n) is 10.9. The minimum atomic E-state index is -1.88. The summed E-state index contributed by atoms with van der Waals surface area (Å²) in [5, 5.41) is 10.1. The standard InChI is InChI=1S/C13H21NO4/c1-10-6-2-4-8-14(10)12(16)11(15)13(17)7-3-5-9-18-13/h10,17H,2-9H2,1H3. The van der Waals surface area contributed by atoms with E-state index in [9.17, 15) is 14.7 Å². The Kier molecular flexibility index (Phi) is 4.02. The molecule has 2 unspecified atom stereocenters. The van der Waals surface area contributed by atoms with Gasteiger partial charge in [-0.05, 0) is 39.0 Å². The van der Waals surface area contributed by atoms with Gasteiger partial charge in [-0.15, -0.1) is 0 Å². The first-order valence-corrected chi connectivity index (χ1v) is 6.76. The number of ketones is 1. The van der Waals surface area contributed by atoms with Crippen LogP contribution in [0.3, 0.4) is 0 Å². The largest absolute Gasteiger partial charge is 0.359 e. The maximum atomic E-state index is 12.1. The van der Waals surface area contributed by atoms with Crippen LogP contribution in [0.15, 0.2) is 0 Å². The van der Waals surface area contributed by atoms with Crippen LogP contribution in [0.5, 0.6) is 0 Å². The lowest BCUT2D eigenvalue weighted by molar-refractivity contribution is -0.220. The number of ether oxygens (including phenoxy) is 1. The summed E-state index contributed by atoms with van der Waals surface area (Å²) in [6.45, 7) is 2.88. The van der Waals surface area contributed by atoms with E-state index in [0.717, 1.165) is 25.7 Å². The fraction of sp³-hybridized carbons (Fsp3) is 0.846. The topological polar surface area (TPSA) is 66.8 Å². The number of Topliss-reactive ketones (excluding diaryl/α,β-unsaturated/α-hetero) is 1. The first kappa shape index (κ1) is 13.5. The van der Waals surface area contributed by atoms with Crippen molar-refractivity contribution in [3.8, 4) is 0 Å². The molecular weight excluding hydrogens is 234 g/mol. The van der Waals surface area contributed by atoms with Crippen LogP contribution in [-0.4, -0.2) is 46.7 Å². The maximum Gasteiger partial charge on any atom is 0.296 e. The SMILES string of the molecule is CC1CCCCN1C(=O)C(=O)C1(O)CCCCO1. The van der Waals surface area contributed by atoms with Gasteiger partial charge in [-0.1, -0.05) is 0 Å². The molecule has 18 heavy (non-hydrogen) atoms. The predicted molar refractivity (Wildman–Crippen MR) is 64.8 cm³/mol. The molecule has 102 valence electrons. The molecular formula is C13H21NO4. The highest BCUT2D eigenvalue weighted by Gasteiger charge is 2.45. The maximum absolute atomic E-state index is 12.1. The molecule has 2 saturated heterocycles. The molecule has 0 aromatic carbocycles. The Morgan fingerprint density at radius 1 is 1.28 bits per heavy atom. The highest BCUT2D eigenvalue weighted by atomic mass is 16.6. The quantitative estimate of drug-likeness (QED) is 0.743. The number of carbonyl (C=O) groups excluding carboxylic acids is 2. The average molecular weight is 255 g/mol. The number of rotatable bonds is 2. The van der Waals surface area contributed by atoms with Gasteiger partial charge in [0.15, 0.2) is 0 Å². The van der Waals surface area contributed by atoms with Crippen molar-refractivity contribution < 1.29 is 19.4 Å². The lowest BCUT2D eigenvalue weighted by atomic mass is 9.98. The molecule has 0 radical (unpaired) electrons. The molecule has 2 atom stereocenters. The number of nitrogens with zero attached hydrogens (tertiary/aromatic N) is 1. The summed E-state index contributed by atoms with van der Waals surface area (Å²) >= 11 is 0. The highest BCUT2D eigenvalue weighted by Crippen LogP contribution is 2.25. The summed E-state index contributed by atoms with van der Waals surface area (Å²) in [6.07, 6.45) is 4.68. The molecule has 0 bridgehead atoms. The van der Waals surface area contributed by atoms with Crippen LogP contribution in [0.4, 0.5) is 0 Å². The summed E-state index contributed by atoms with van der Waals surface area (Å²) in [5.41, 5.74) is 0. The van der Waals surface area contributed by atoms with E-state index in [4.69, 9.17) is 4.74 Å². The van der Waals surface area contributed by atoms with Gasteiger partial charge < -0.3 is 14.7 Å². The third-order valence-electron chi connectivity index (χ3n) is 3.86. The molecule has 2 fully saturated rings. The van der Waals surface area contributed by atoms with Crippen molar-refractivity contribution in [3.63, 3.8) is 0 Å².